The molecule has 26 heavy (non-hydrogen) atoms. The normalized spacial score (nSPS) is 16.6. The van der Waals surface area contributed by atoms with Crippen LogP contribution >= 0.6 is 11.3 Å². The molecule has 4 rings (SSSR count). The van der Waals surface area contributed by atoms with E-state index in [9.17, 15) is 4.79 Å². The lowest BCUT2D eigenvalue weighted by molar-refractivity contribution is 0.0951. The number of rotatable bonds is 5. The number of hydrogen-bond acceptors (Lipinski definition) is 4. The molecule has 3 aromatic rings. The Balaban J connectivity index is 1.38. The van der Waals surface area contributed by atoms with Crippen LogP contribution in [0.4, 0.5) is 5.13 Å². The Morgan fingerprint density at radius 2 is 1.88 bits per heavy atom. The number of thiazole rings is 1. The van der Waals surface area contributed by atoms with Gasteiger partial charge in [-0.25, -0.2) is 4.98 Å². The molecule has 5 heteroatoms. The third-order valence-corrected chi connectivity index (χ3v) is 5.60. The van der Waals surface area contributed by atoms with E-state index in [-0.39, 0.29) is 5.91 Å². The van der Waals surface area contributed by atoms with E-state index in [0.717, 1.165) is 35.6 Å². The first kappa shape index (κ1) is 16.8. The van der Waals surface area contributed by atoms with Crippen LogP contribution in [-0.2, 0) is 0 Å². The Labute approximate surface area is 157 Å². The lowest BCUT2D eigenvalue weighted by Crippen LogP contribution is -2.40. The first-order valence-corrected chi connectivity index (χ1v) is 9.79. The Hall–Kier alpha value is -2.66. The summed E-state index contributed by atoms with van der Waals surface area (Å²) in [5, 5.41) is 6.14. The lowest BCUT2D eigenvalue weighted by atomic mass is 10.0. The highest BCUT2D eigenvalue weighted by Gasteiger charge is 2.26. The van der Waals surface area contributed by atoms with Gasteiger partial charge in [0, 0.05) is 36.3 Å². The lowest BCUT2D eigenvalue weighted by Gasteiger charge is -2.24. The highest BCUT2D eigenvalue weighted by atomic mass is 32.1. The van der Waals surface area contributed by atoms with Crippen molar-refractivity contribution in [3.05, 3.63) is 71.7 Å². The molecule has 1 aromatic heterocycles. The van der Waals surface area contributed by atoms with Crippen LogP contribution in [-0.4, -0.2) is 30.0 Å². The summed E-state index contributed by atoms with van der Waals surface area (Å²) in [6.45, 7) is 1.67. The molecular weight excluding hydrogens is 342 g/mol. The van der Waals surface area contributed by atoms with Gasteiger partial charge in [0.2, 0.25) is 0 Å². The van der Waals surface area contributed by atoms with Crippen LogP contribution in [0.15, 0.2) is 66.2 Å². The van der Waals surface area contributed by atoms with E-state index in [4.69, 9.17) is 0 Å². The molecule has 1 atom stereocenters. The number of anilines is 1. The van der Waals surface area contributed by atoms with Crippen molar-refractivity contribution >= 4 is 22.4 Å². The smallest absolute Gasteiger partial charge is 0.251 e. The van der Waals surface area contributed by atoms with Crippen molar-refractivity contribution in [2.75, 3.05) is 18.0 Å². The Bertz CT molecular complexity index is 847. The molecule has 4 nitrogen and oxygen atoms in total. The Kier molecular flexibility index (Phi) is 4.97. The van der Waals surface area contributed by atoms with Crippen LogP contribution in [0.5, 0.6) is 0 Å². The van der Waals surface area contributed by atoms with Crippen LogP contribution in [0.2, 0.25) is 0 Å². The number of aromatic nitrogens is 1. The standard InChI is InChI=1S/C21H21N3OS/c25-20(18-10-8-17(9-11-18)16-5-2-1-3-6-16)23-15-19-7-4-13-24(19)21-22-12-14-26-21/h1-3,5-6,8-12,14,19H,4,7,13,15H2,(H,23,25). The van der Waals surface area contributed by atoms with Gasteiger partial charge in [0.15, 0.2) is 5.13 Å². The van der Waals surface area contributed by atoms with Crippen LogP contribution < -0.4 is 10.2 Å². The van der Waals surface area contributed by atoms with Gasteiger partial charge < -0.3 is 10.2 Å². The number of benzene rings is 2. The van der Waals surface area contributed by atoms with Gasteiger partial charge >= 0.3 is 0 Å². The zero-order valence-corrected chi connectivity index (χ0v) is 15.3. The average Bonchev–Trinajstić information content (AvgIpc) is 3.38. The van der Waals surface area contributed by atoms with Gasteiger partial charge in [0.1, 0.15) is 0 Å². The number of carbonyl (C=O) groups excluding carboxylic acids is 1. The van der Waals surface area contributed by atoms with Gasteiger partial charge in [-0.3, -0.25) is 4.79 Å². The molecule has 132 valence electrons. The summed E-state index contributed by atoms with van der Waals surface area (Å²) in [4.78, 5) is 19.2. The number of hydrogen-bond donors (Lipinski definition) is 1. The minimum Gasteiger partial charge on any atom is -0.350 e. The van der Waals surface area contributed by atoms with Crippen molar-refractivity contribution in [1.29, 1.82) is 0 Å². The second kappa shape index (κ2) is 7.70. The number of carbonyl (C=O) groups is 1. The van der Waals surface area contributed by atoms with E-state index in [2.05, 4.69) is 27.3 Å². The minimum atomic E-state index is -0.0180. The molecule has 0 spiro atoms. The summed E-state index contributed by atoms with van der Waals surface area (Å²) in [5.74, 6) is -0.0180. The summed E-state index contributed by atoms with van der Waals surface area (Å²) in [7, 11) is 0. The highest BCUT2D eigenvalue weighted by Crippen LogP contribution is 2.27. The van der Waals surface area contributed by atoms with Crippen molar-refractivity contribution in [3.63, 3.8) is 0 Å². The monoisotopic (exact) mass is 363 g/mol. The molecule has 1 N–H and O–H groups in total. The highest BCUT2D eigenvalue weighted by molar-refractivity contribution is 7.13. The summed E-state index contributed by atoms with van der Waals surface area (Å²) in [5.41, 5.74) is 2.97. The van der Waals surface area contributed by atoms with Crippen molar-refractivity contribution in [3.8, 4) is 11.1 Å². The molecule has 2 aromatic carbocycles. The van der Waals surface area contributed by atoms with E-state index >= 15 is 0 Å². The fourth-order valence-electron chi connectivity index (χ4n) is 3.41. The molecule has 1 saturated heterocycles. The van der Waals surface area contributed by atoms with Crippen LogP contribution in [0.3, 0.4) is 0 Å². The number of nitrogens with zero attached hydrogens (tertiary/aromatic N) is 2. The number of amides is 1. The quantitative estimate of drug-likeness (QED) is 0.739. The molecule has 1 aliphatic heterocycles. The van der Waals surface area contributed by atoms with Gasteiger partial charge in [0.25, 0.3) is 5.91 Å². The molecule has 0 radical (unpaired) electrons. The Morgan fingerprint density at radius 3 is 2.62 bits per heavy atom. The van der Waals surface area contributed by atoms with Gasteiger partial charge in [-0.2, -0.15) is 0 Å². The third-order valence-electron chi connectivity index (χ3n) is 4.79. The Morgan fingerprint density at radius 1 is 1.12 bits per heavy atom. The molecule has 0 bridgehead atoms. The van der Waals surface area contributed by atoms with E-state index in [1.807, 2.05) is 54.0 Å². The minimum absolute atomic E-state index is 0.0180. The maximum atomic E-state index is 12.5. The maximum Gasteiger partial charge on any atom is 0.251 e. The van der Waals surface area contributed by atoms with Crippen molar-refractivity contribution in [2.45, 2.75) is 18.9 Å². The topological polar surface area (TPSA) is 45.2 Å². The molecule has 1 unspecified atom stereocenters. The fraction of sp³-hybridized carbons (Fsp3) is 0.238. The molecule has 0 saturated carbocycles. The summed E-state index contributed by atoms with van der Waals surface area (Å²) >= 11 is 1.66. The third kappa shape index (κ3) is 3.63. The van der Waals surface area contributed by atoms with Gasteiger partial charge in [-0.05, 0) is 36.1 Å². The van der Waals surface area contributed by atoms with Crippen LogP contribution in [0.1, 0.15) is 23.2 Å². The first-order valence-electron chi connectivity index (χ1n) is 8.91. The van der Waals surface area contributed by atoms with Crippen molar-refractivity contribution in [2.24, 2.45) is 0 Å². The van der Waals surface area contributed by atoms with E-state index in [1.165, 1.54) is 0 Å². The second-order valence-corrected chi connectivity index (χ2v) is 7.33. The predicted molar refractivity (Wildman–Crippen MR) is 107 cm³/mol. The SMILES string of the molecule is O=C(NCC1CCCN1c1nccs1)c1ccc(-c2ccccc2)cc1. The summed E-state index contributed by atoms with van der Waals surface area (Å²) < 4.78 is 0. The molecule has 1 amide bonds. The van der Waals surface area contributed by atoms with Crippen LogP contribution in [0.25, 0.3) is 11.1 Å². The molecule has 0 aliphatic carbocycles. The molecule has 1 fully saturated rings. The van der Waals surface area contributed by atoms with Gasteiger partial charge in [0.05, 0.1) is 0 Å². The predicted octanol–water partition coefficient (Wildman–Crippen LogP) is 4.21. The average molecular weight is 363 g/mol. The second-order valence-electron chi connectivity index (χ2n) is 6.46. The maximum absolute atomic E-state index is 12.5. The summed E-state index contributed by atoms with van der Waals surface area (Å²) in [6.07, 6.45) is 4.07. The first-order chi connectivity index (χ1) is 12.8. The van der Waals surface area contributed by atoms with E-state index in [0.29, 0.717) is 18.2 Å². The van der Waals surface area contributed by atoms with Gasteiger partial charge in [-0.1, -0.05) is 42.5 Å². The molecule has 1 aliphatic rings. The van der Waals surface area contributed by atoms with Gasteiger partial charge in [-0.15, -0.1) is 11.3 Å². The molecule has 2 heterocycles. The fourth-order valence-corrected chi connectivity index (χ4v) is 4.16. The van der Waals surface area contributed by atoms with Crippen molar-refractivity contribution in [1.82, 2.24) is 10.3 Å². The van der Waals surface area contributed by atoms with E-state index in [1.54, 1.807) is 11.3 Å². The van der Waals surface area contributed by atoms with Crippen molar-refractivity contribution < 1.29 is 4.79 Å². The van der Waals surface area contributed by atoms with E-state index < -0.39 is 0 Å². The largest absolute Gasteiger partial charge is 0.350 e. The summed E-state index contributed by atoms with van der Waals surface area (Å²) in [6, 6.07) is 18.3. The zero-order chi connectivity index (χ0) is 17.8. The number of nitrogens with one attached hydrogen (secondary N) is 1. The van der Waals surface area contributed by atoms with Crippen LogP contribution in [0, 0.1) is 0 Å². The molecular formula is C21H21N3OS. The zero-order valence-electron chi connectivity index (χ0n) is 14.5.